The summed E-state index contributed by atoms with van der Waals surface area (Å²) in [6, 6.07) is 5.80. The first-order valence-electron chi connectivity index (χ1n) is 5.73. The van der Waals surface area contributed by atoms with Gasteiger partial charge in [0, 0.05) is 5.56 Å². The summed E-state index contributed by atoms with van der Waals surface area (Å²) in [5.74, 6) is -1.97. The summed E-state index contributed by atoms with van der Waals surface area (Å²) in [5, 5.41) is 2.12. The molecule has 1 aliphatic rings. The molecule has 1 aromatic rings. The van der Waals surface area contributed by atoms with Crippen molar-refractivity contribution < 1.29 is 19.2 Å². The fourth-order valence-electron chi connectivity index (χ4n) is 1.76. The van der Waals surface area contributed by atoms with Gasteiger partial charge in [-0.1, -0.05) is 24.3 Å². The van der Waals surface area contributed by atoms with Crippen LogP contribution in [0.5, 0.6) is 0 Å². The molecule has 6 heteroatoms. The van der Waals surface area contributed by atoms with E-state index in [0.29, 0.717) is 17.4 Å². The summed E-state index contributed by atoms with van der Waals surface area (Å²) >= 11 is 0. The van der Waals surface area contributed by atoms with Gasteiger partial charge in [-0.15, -0.1) is 0 Å². The predicted octanol–water partition coefficient (Wildman–Crippen LogP) is 0.714. The lowest BCUT2D eigenvalue weighted by molar-refractivity contribution is -0.142. The maximum atomic E-state index is 11.9. The van der Waals surface area contributed by atoms with Crippen LogP contribution in [0, 0.1) is 5.92 Å². The summed E-state index contributed by atoms with van der Waals surface area (Å²) in [5.41, 5.74) is 1.22. The highest BCUT2D eigenvalue weighted by Crippen LogP contribution is 2.14. The zero-order valence-electron chi connectivity index (χ0n) is 10.3. The Hall–Kier alpha value is -2.50. The van der Waals surface area contributed by atoms with Crippen LogP contribution in [0.4, 0.5) is 4.79 Å². The number of nitrogens with one attached hydrogen (secondary N) is 1. The van der Waals surface area contributed by atoms with E-state index in [0.717, 1.165) is 4.90 Å². The molecule has 0 aromatic heterocycles. The number of benzene rings is 1. The molecule has 19 heavy (non-hydrogen) atoms. The zero-order valence-corrected chi connectivity index (χ0v) is 10.3. The first kappa shape index (κ1) is 12.9. The van der Waals surface area contributed by atoms with Crippen LogP contribution in [0.25, 0.3) is 0 Å². The average Bonchev–Trinajstić information content (AvgIpc) is 2.42. The van der Waals surface area contributed by atoms with Gasteiger partial charge in [0.2, 0.25) is 11.8 Å². The maximum absolute atomic E-state index is 11.9. The number of carbonyl (C=O) groups is 4. The third-order valence-electron chi connectivity index (χ3n) is 2.96. The predicted molar refractivity (Wildman–Crippen MR) is 65.1 cm³/mol. The van der Waals surface area contributed by atoms with Crippen molar-refractivity contribution in [1.82, 2.24) is 10.2 Å². The fourth-order valence-corrected chi connectivity index (χ4v) is 1.76. The lowest BCUT2D eigenvalue weighted by Crippen LogP contribution is -2.56. The van der Waals surface area contributed by atoms with Gasteiger partial charge in [-0.25, -0.2) is 4.79 Å². The van der Waals surface area contributed by atoms with Crippen LogP contribution in [-0.4, -0.2) is 29.0 Å². The quantitative estimate of drug-likeness (QED) is 0.641. The molecule has 6 nitrogen and oxygen atoms in total. The Morgan fingerprint density at radius 3 is 2.42 bits per heavy atom. The van der Waals surface area contributed by atoms with Crippen molar-refractivity contribution in [2.45, 2.75) is 13.5 Å². The van der Waals surface area contributed by atoms with Crippen molar-refractivity contribution in [3.63, 3.8) is 0 Å². The molecule has 1 atom stereocenters. The van der Waals surface area contributed by atoms with Crippen LogP contribution >= 0.6 is 0 Å². The number of imide groups is 2. The second kappa shape index (κ2) is 5.01. The minimum atomic E-state index is -0.869. The molecule has 1 aliphatic heterocycles. The average molecular weight is 260 g/mol. The number of urea groups is 1. The van der Waals surface area contributed by atoms with E-state index in [1.54, 1.807) is 24.3 Å². The molecule has 0 radical (unpaired) electrons. The van der Waals surface area contributed by atoms with Crippen LogP contribution in [0.2, 0.25) is 0 Å². The van der Waals surface area contributed by atoms with Gasteiger partial charge in [-0.2, -0.15) is 0 Å². The Balaban J connectivity index is 2.16. The van der Waals surface area contributed by atoms with Gasteiger partial charge in [0.25, 0.3) is 0 Å². The second-order valence-corrected chi connectivity index (χ2v) is 4.30. The molecule has 0 saturated carbocycles. The molecule has 1 fully saturated rings. The number of hydrogen-bond donors (Lipinski definition) is 1. The van der Waals surface area contributed by atoms with Gasteiger partial charge in [0.15, 0.2) is 0 Å². The third-order valence-corrected chi connectivity index (χ3v) is 2.96. The summed E-state index contributed by atoms with van der Waals surface area (Å²) in [6.45, 7) is 1.52. The highest BCUT2D eigenvalue weighted by atomic mass is 16.2. The zero-order chi connectivity index (χ0) is 14.0. The molecule has 4 amide bonds. The first-order chi connectivity index (χ1) is 9.02. The third kappa shape index (κ3) is 2.52. The van der Waals surface area contributed by atoms with Crippen LogP contribution in [0.3, 0.4) is 0 Å². The number of aldehydes is 1. The number of hydrogen-bond acceptors (Lipinski definition) is 4. The van der Waals surface area contributed by atoms with E-state index in [4.69, 9.17) is 0 Å². The molecule has 1 heterocycles. The van der Waals surface area contributed by atoms with E-state index < -0.39 is 23.8 Å². The number of carbonyl (C=O) groups excluding carboxylic acids is 4. The van der Waals surface area contributed by atoms with Gasteiger partial charge >= 0.3 is 6.03 Å². The molecular weight excluding hydrogens is 248 g/mol. The second-order valence-electron chi connectivity index (χ2n) is 4.30. The van der Waals surface area contributed by atoms with E-state index in [-0.39, 0.29) is 6.54 Å². The highest BCUT2D eigenvalue weighted by molar-refractivity contribution is 6.15. The molecule has 0 aliphatic carbocycles. The minimum Gasteiger partial charge on any atom is -0.298 e. The molecule has 2 rings (SSSR count). The van der Waals surface area contributed by atoms with Crippen molar-refractivity contribution in [2.24, 2.45) is 5.92 Å². The monoisotopic (exact) mass is 260 g/mol. The van der Waals surface area contributed by atoms with Crippen molar-refractivity contribution >= 4 is 24.1 Å². The largest absolute Gasteiger partial charge is 0.331 e. The summed E-state index contributed by atoms with van der Waals surface area (Å²) in [7, 11) is 0. The molecule has 1 saturated heterocycles. The normalized spacial score (nSPS) is 19.3. The van der Waals surface area contributed by atoms with Crippen molar-refractivity contribution in [1.29, 1.82) is 0 Å². The number of rotatable bonds is 3. The van der Waals surface area contributed by atoms with Crippen LogP contribution < -0.4 is 5.32 Å². The minimum absolute atomic E-state index is 0.0709. The summed E-state index contributed by atoms with van der Waals surface area (Å²) < 4.78 is 0. The Morgan fingerprint density at radius 2 is 1.84 bits per heavy atom. The van der Waals surface area contributed by atoms with Gasteiger partial charge in [0.1, 0.15) is 12.2 Å². The van der Waals surface area contributed by atoms with Gasteiger partial charge in [-0.3, -0.25) is 24.6 Å². The highest BCUT2D eigenvalue weighted by Gasteiger charge is 2.37. The SMILES string of the molecule is CC1C(=O)NC(=O)N(Cc2ccc(C=O)cc2)C1=O. The lowest BCUT2D eigenvalue weighted by Gasteiger charge is -2.28. The molecule has 0 bridgehead atoms. The van der Waals surface area contributed by atoms with E-state index in [9.17, 15) is 19.2 Å². The first-order valence-corrected chi connectivity index (χ1v) is 5.73. The fraction of sp³-hybridized carbons (Fsp3) is 0.231. The Kier molecular flexibility index (Phi) is 3.41. The molecule has 0 spiro atoms. The lowest BCUT2D eigenvalue weighted by atomic mass is 10.1. The van der Waals surface area contributed by atoms with Crippen molar-refractivity contribution in [3.8, 4) is 0 Å². The van der Waals surface area contributed by atoms with E-state index in [1.165, 1.54) is 6.92 Å². The maximum Gasteiger partial charge on any atom is 0.331 e. The van der Waals surface area contributed by atoms with Gasteiger partial charge in [0.05, 0.1) is 6.54 Å². The van der Waals surface area contributed by atoms with E-state index >= 15 is 0 Å². The Morgan fingerprint density at radius 1 is 1.21 bits per heavy atom. The van der Waals surface area contributed by atoms with Crippen LogP contribution in [0.15, 0.2) is 24.3 Å². The molecule has 1 N–H and O–H groups in total. The van der Waals surface area contributed by atoms with Crippen LogP contribution in [-0.2, 0) is 16.1 Å². The number of nitrogens with zero attached hydrogens (tertiary/aromatic N) is 1. The van der Waals surface area contributed by atoms with Crippen LogP contribution in [0.1, 0.15) is 22.8 Å². The smallest absolute Gasteiger partial charge is 0.298 e. The standard InChI is InChI=1S/C13H12N2O4/c1-8-11(17)14-13(19)15(12(8)18)6-9-2-4-10(7-16)5-3-9/h2-5,7-8H,6H2,1H3,(H,14,17,19). The summed E-state index contributed by atoms with van der Waals surface area (Å²) in [4.78, 5) is 46.3. The molecule has 98 valence electrons. The molecule has 1 unspecified atom stereocenters. The Labute approximate surface area is 109 Å². The van der Waals surface area contributed by atoms with Gasteiger partial charge in [-0.05, 0) is 12.5 Å². The summed E-state index contributed by atoms with van der Waals surface area (Å²) in [6.07, 6.45) is 0.712. The van der Waals surface area contributed by atoms with E-state index in [2.05, 4.69) is 5.32 Å². The number of barbiturate groups is 1. The van der Waals surface area contributed by atoms with E-state index in [1.807, 2.05) is 0 Å². The Bertz CT molecular complexity index is 550. The van der Waals surface area contributed by atoms with Crippen molar-refractivity contribution in [2.75, 3.05) is 0 Å². The molecule has 1 aromatic carbocycles. The van der Waals surface area contributed by atoms with Crippen molar-refractivity contribution in [3.05, 3.63) is 35.4 Å². The topological polar surface area (TPSA) is 83.6 Å². The van der Waals surface area contributed by atoms with Gasteiger partial charge < -0.3 is 0 Å². The number of amides is 4. The molecular formula is C13H12N2O4.